The molecule has 0 spiro atoms. The topological polar surface area (TPSA) is 54.5 Å². The van der Waals surface area contributed by atoms with Crippen molar-refractivity contribution in [2.75, 3.05) is 12.1 Å². The number of hydrogen-bond acceptors (Lipinski definition) is 5. The van der Waals surface area contributed by atoms with Crippen LogP contribution in [0.2, 0.25) is 0 Å². The Kier molecular flexibility index (Phi) is 3.73. The average Bonchev–Trinajstić information content (AvgIpc) is 3.08. The summed E-state index contributed by atoms with van der Waals surface area (Å²) < 4.78 is 5.26. The number of hydrogen-bond donors (Lipinski definition) is 0. The fourth-order valence-corrected chi connectivity index (χ4v) is 1.87. The Balaban J connectivity index is 1.73. The zero-order chi connectivity index (χ0) is 14.5. The summed E-state index contributed by atoms with van der Waals surface area (Å²) >= 11 is 0. The van der Waals surface area contributed by atoms with E-state index in [9.17, 15) is 0 Å². The van der Waals surface area contributed by atoms with Crippen LogP contribution in [0.5, 0.6) is 0 Å². The zero-order valence-corrected chi connectivity index (χ0v) is 11.5. The second-order valence-corrected chi connectivity index (χ2v) is 4.46. The predicted molar refractivity (Wildman–Crippen MR) is 82.2 cm³/mol. The third kappa shape index (κ3) is 3.14. The molecule has 0 N–H and O–H groups in total. The second kappa shape index (κ2) is 6.00. The molecule has 5 heteroatoms. The first-order valence-electron chi connectivity index (χ1n) is 6.49. The summed E-state index contributed by atoms with van der Waals surface area (Å²) in [6.45, 7) is 0. The molecule has 0 fully saturated rings. The Bertz CT molecular complexity index is 706. The molecule has 21 heavy (non-hydrogen) atoms. The Labute approximate surface area is 122 Å². The molecule has 2 heterocycles. The number of benzene rings is 1. The van der Waals surface area contributed by atoms with Crippen molar-refractivity contribution in [2.24, 2.45) is 5.10 Å². The van der Waals surface area contributed by atoms with Crippen LogP contribution in [0.3, 0.4) is 0 Å². The Morgan fingerprint density at radius 1 is 1.05 bits per heavy atom. The van der Waals surface area contributed by atoms with E-state index in [2.05, 4.69) is 15.1 Å². The van der Waals surface area contributed by atoms with E-state index in [1.807, 2.05) is 48.5 Å². The maximum atomic E-state index is 5.26. The summed E-state index contributed by atoms with van der Waals surface area (Å²) in [6, 6.07) is 11.8. The van der Waals surface area contributed by atoms with Gasteiger partial charge >= 0.3 is 0 Å². The van der Waals surface area contributed by atoms with Gasteiger partial charge in [-0.2, -0.15) is 5.10 Å². The van der Waals surface area contributed by atoms with Crippen LogP contribution in [0.25, 0.3) is 11.3 Å². The molecule has 0 saturated heterocycles. The molecule has 0 aliphatic carbocycles. The molecule has 3 rings (SSSR count). The Hall–Kier alpha value is -2.95. The van der Waals surface area contributed by atoms with E-state index < -0.39 is 0 Å². The third-order valence-electron chi connectivity index (χ3n) is 3.04. The highest BCUT2D eigenvalue weighted by Crippen LogP contribution is 2.22. The van der Waals surface area contributed by atoms with Crippen molar-refractivity contribution in [2.45, 2.75) is 0 Å². The van der Waals surface area contributed by atoms with Gasteiger partial charge in [0, 0.05) is 25.0 Å². The van der Waals surface area contributed by atoms with Gasteiger partial charge in [0.1, 0.15) is 0 Å². The highest BCUT2D eigenvalue weighted by Gasteiger charge is 2.03. The molecule has 1 aromatic carbocycles. The van der Waals surface area contributed by atoms with Crippen LogP contribution in [0.4, 0.5) is 5.69 Å². The first-order chi connectivity index (χ1) is 10.3. The summed E-state index contributed by atoms with van der Waals surface area (Å²) in [5.41, 5.74) is 2.99. The van der Waals surface area contributed by atoms with Crippen molar-refractivity contribution >= 4 is 11.9 Å². The van der Waals surface area contributed by atoms with Gasteiger partial charge in [-0.3, -0.25) is 9.99 Å². The van der Waals surface area contributed by atoms with E-state index in [0.717, 1.165) is 22.6 Å². The summed E-state index contributed by atoms with van der Waals surface area (Å²) in [7, 11) is 1.90. The molecule has 104 valence electrons. The van der Waals surface area contributed by atoms with E-state index >= 15 is 0 Å². The van der Waals surface area contributed by atoms with Gasteiger partial charge in [0.2, 0.25) is 0 Å². The number of nitrogens with zero attached hydrogens (tertiary/aromatic N) is 4. The first-order valence-corrected chi connectivity index (χ1v) is 6.49. The van der Waals surface area contributed by atoms with Gasteiger partial charge in [-0.25, -0.2) is 4.98 Å². The average molecular weight is 278 g/mol. The molecule has 2 aromatic heterocycles. The van der Waals surface area contributed by atoms with Gasteiger partial charge in [-0.15, -0.1) is 0 Å². The minimum Gasteiger partial charge on any atom is -0.444 e. The molecule has 3 aromatic rings. The minimum absolute atomic E-state index is 0.754. The highest BCUT2D eigenvalue weighted by atomic mass is 16.3. The molecular weight excluding hydrogens is 264 g/mol. The van der Waals surface area contributed by atoms with Gasteiger partial charge in [-0.05, 0) is 42.0 Å². The molecule has 0 aliphatic rings. The molecule has 0 saturated carbocycles. The second-order valence-electron chi connectivity index (χ2n) is 4.46. The van der Waals surface area contributed by atoms with E-state index in [-0.39, 0.29) is 0 Å². The lowest BCUT2D eigenvalue weighted by Crippen LogP contribution is -2.08. The largest absolute Gasteiger partial charge is 0.444 e. The van der Waals surface area contributed by atoms with Crippen molar-refractivity contribution < 1.29 is 4.42 Å². The van der Waals surface area contributed by atoms with Crippen molar-refractivity contribution in [3.8, 4) is 11.3 Å². The van der Waals surface area contributed by atoms with Crippen LogP contribution in [0.1, 0.15) is 5.56 Å². The molecule has 0 bridgehead atoms. The van der Waals surface area contributed by atoms with Gasteiger partial charge in [0.05, 0.1) is 18.1 Å². The van der Waals surface area contributed by atoms with Crippen LogP contribution < -0.4 is 5.01 Å². The van der Waals surface area contributed by atoms with Crippen LogP contribution in [0.15, 0.2) is 70.9 Å². The summed E-state index contributed by atoms with van der Waals surface area (Å²) in [4.78, 5) is 7.89. The fourth-order valence-electron chi connectivity index (χ4n) is 1.87. The van der Waals surface area contributed by atoms with Gasteiger partial charge < -0.3 is 4.42 Å². The van der Waals surface area contributed by atoms with Crippen molar-refractivity contribution in [1.29, 1.82) is 0 Å². The molecule has 5 nitrogen and oxygen atoms in total. The normalized spacial score (nSPS) is 10.9. The lowest BCUT2D eigenvalue weighted by atomic mass is 10.2. The van der Waals surface area contributed by atoms with Crippen LogP contribution in [-0.2, 0) is 0 Å². The Morgan fingerprint density at radius 2 is 1.81 bits per heavy atom. The highest BCUT2D eigenvalue weighted by molar-refractivity contribution is 5.80. The summed E-state index contributed by atoms with van der Waals surface area (Å²) in [6.07, 6.45) is 8.40. The Morgan fingerprint density at radius 3 is 2.48 bits per heavy atom. The zero-order valence-electron chi connectivity index (χ0n) is 11.5. The van der Waals surface area contributed by atoms with Crippen LogP contribution >= 0.6 is 0 Å². The lowest BCUT2D eigenvalue weighted by molar-refractivity contribution is 0.572. The summed E-state index contributed by atoms with van der Waals surface area (Å²) in [5, 5.41) is 6.21. The number of oxazole rings is 1. The maximum Gasteiger partial charge on any atom is 0.181 e. The fraction of sp³-hybridized carbons (Fsp3) is 0.0625. The van der Waals surface area contributed by atoms with E-state index in [4.69, 9.17) is 4.42 Å². The van der Waals surface area contributed by atoms with Gasteiger partial charge in [-0.1, -0.05) is 0 Å². The standard InChI is InChI=1S/C16H14N4O/c1-20(19-10-13-6-8-17-9-7-13)15-4-2-14(3-5-15)16-11-18-12-21-16/h2-12H,1H3. The molecule has 0 unspecified atom stereocenters. The van der Waals surface area contributed by atoms with Gasteiger partial charge in [0.15, 0.2) is 12.2 Å². The van der Waals surface area contributed by atoms with E-state index in [1.165, 1.54) is 6.39 Å². The van der Waals surface area contributed by atoms with Crippen LogP contribution in [-0.4, -0.2) is 23.2 Å². The van der Waals surface area contributed by atoms with Gasteiger partial charge in [0.25, 0.3) is 0 Å². The van der Waals surface area contributed by atoms with E-state index in [0.29, 0.717) is 0 Å². The molecule has 0 amide bonds. The molecule has 0 atom stereocenters. The predicted octanol–water partition coefficient (Wildman–Crippen LogP) is 3.21. The van der Waals surface area contributed by atoms with Crippen molar-refractivity contribution in [3.63, 3.8) is 0 Å². The molecular formula is C16H14N4O. The monoisotopic (exact) mass is 278 g/mol. The SMILES string of the molecule is CN(N=Cc1ccncc1)c1ccc(-c2cnco2)cc1. The van der Waals surface area contributed by atoms with Crippen molar-refractivity contribution in [3.05, 3.63) is 66.9 Å². The number of rotatable bonds is 4. The number of pyridine rings is 1. The summed E-state index contributed by atoms with van der Waals surface area (Å²) in [5.74, 6) is 0.754. The minimum atomic E-state index is 0.754. The van der Waals surface area contributed by atoms with Crippen LogP contribution in [0, 0.1) is 0 Å². The number of hydrazone groups is 1. The van der Waals surface area contributed by atoms with E-state index in [1.54, 1.807) is 24.8 Å². The maximum absolute atomic E-state index is 5.26. The molecule has 0 radical (unpaired) electrons. The number of aromatic nitrogens is 2. The van der Waals surface area contributed by atoms with Crippen molar-refractivity contribution in [1.82, 2.24) is 9.97 Å². The number of anilines is 1. The lowest BCUT2D eigenvalue weighted by Gasteiger charge is -2.12. The first kappa shape index (κ1) is 13.1. The molecule has 0 aliphatic heterocycles. The third-order valence-corrected chi connectivity index (χ3v) is 3.04. The quantitative estimate of drug-likeness (QED) is 0.543. The smallest absolute Gasteiger partial charge is 0.181 e.